The fraction of sp³-hybridized carbons (Fsp3) is 0.462. The minimum Gasteiger partial charge on any atom is -0.484 e. The maximum atomic E-state index is 11.5. The molecule has 1 aliphatic carbocycles. The van der Waals surface area contributed by atoms with Crippen LogP contribution in [0.4, 0.5) is 0 Å². The van der Waals surface area contributed by atoms with Crippen LogP contribution < -0.4 is 4.74 Å². The Balaban J connectivity index is 1.97. The van der Waals surface area contributed by atoms with Crippen molar-refractivity contribution in [3.05, 3.63) is 27.1 Å². The van der Waals surface area contributed by atoms with Gasteiger partial charge in [0.05, 0.1) is 22.2 Å². The third kappa shape index (κ3) is 3.56. The van der Waals surface area contributed by atoms with E-state index in [4.69, 9.17) is 14.2 Å². The standard InChI is InChI=1S/C13H14Br2O4/c1-17-5-6-18-13-10(16)7-11(13)19-12-8(14)3-2-4-9(12)15/h2-4,11,13H,5-7H2,1H3. The molecule has 1 aromatic carbocycles. The molecule has 19 heavy (non-hydrogen) atoms. The van der Waals surface area contributed by atoms with E-state index in [1.165, 1.54) is 0 Å². The van der Waals surface area contributed by atoms with Crippen molar-refractivity contribution in [3.8, 4) is 5.75 Å². The zero-order valence-corrected chi connectivity index (χ0v) is 13.6. The molecule has 104 valence electrons. The van der Waals surface area contributed by atoms with Crippen LogP contribution in [0.25, 0.3) is 0 Å². The summed E-state index contributed by atoms with van der Waals surface area (Å²) >= 11 is 6.85. The van der Waals surface area contributed by atoms with Gasteiger partial charge < -0.3 is 14.2 Å². The molecule has 2 unspecified atom stereocenters. The number of ketones is 1. The third-order valence-electron chi connectivity index (χ3n) is 2.83. The summed E-state index contributed by atoms with van der Waals surface area (Å²) in [5.41, 5.74) is 0. The van der Waals surface area contributed by atoms with Crippen LogP contribution in [0.1, 0.15) is 6.42 Å². The monoisotopic (exact) mass is 392 g/mol. The number of hydrogen-bond acceptors (Lipinski definition) is 4. The first-order chi connectivity index (χ1) is 9.13. The molecule has 0 aliphatic heterocycles. The molecule has 0 bridgehead atoms. The number of para-hydroxylation sites is 1. The van der Waals surface area contributed by atoms with Crippen molar-refractivity contribution in [2.24, 2.45) is 0 Å². The molecule has 0 aromatic heterocycles. The number of carbonyl (C=O) groups is 1. The van der Waals surface area contributed by atoms with Crippen LogP contribution in [0, 0.1) is 0 Å². The van der Waals surface area contributed by atoms with Gasteiger partial charge in [0.25, 0.3) is 0 Å². The smallest absolute Gasteiger partial charge is 0.169 e. The van der Waals surface area contributed by atoms with Crippen LogP contribution in [0.15, 0.2) is 27.1 Å². The molecule has 2 atom stereocenters. The van der Waals surface area contributed by atoms with Gasteiger partial charge in [0.15, 0.2) is 11.9 Å². The lowest BCUT2D eigenvalue weighted by Crippen LogP contribution is -2.52. The van der Waals surface area contributed by atoms with Crippen LogP contribution in [-0.4, -0.2) is 38.3 Å². The zero-order valence-electron chi connectivity index (χ0n) is 10.4. The first-order valence-corrected chi connectivity index (χ1v) is 7.46. The van der Waals surface area contributed by atoms with Gasteiger partial charge in [0.1, 0.15) is 11.9 Å². The number of hydrogen-bond donors (Lipinski definition) is 0. The number of ether oxygens (including phenoxy) is 3. The molecular formula is C13H14Br2O4. The lowest BCUT2D eigenvalue weighted by Gasteiger charge is -2.35. The van der Waals surface area contributed by atoms with Crippen molar-refractivity contribution >= 4 is 37.6 Å². The van der Waals surface area contributed by atoms with Crippen molar-refractivity contribution in [1.29, 1.82) is 0 Å². The minimum absolute atomic E-state index is 0.0734. The quantitative estimate of drug-likeness (QED) is 0.697. The highest BCUT2D eigenvalue weighted by Gasteiger charge is 2.43. The summed E-state index contributed by atoms with van der Waals surface area (Å²) in [6.45, 7) is 0.860. The highest BCUT2D eigenvalue weighted by molar-refractivity contribution is 9.11. The summed E-state index contributed by atoms with van der Waals surface area (Å²) in [7, 11) is 1.60. The molecule has 2 rings (SSSR count). The molecule has 0 heterocycles. The van der Waals surface area contributed by atoms with Crippen molar-refractivity contribution in [2.45, 2.75) is 18.6 Å². The number of halogens is 2. The van der Waals surface area contributed by atoms with E-state index in [1.54, 1.807) is 7.11 Å². The fourth-order valence-corrected chi connectivity index (χ4v) is 2.96. The van der Waals surface area contributed by atoms with Gasteiger partial charge in [-0.15, -0.1) is 0 Å². The molecule has 0 radical (unpaired) electrons. The van der Waals surface area contributed by atoms with Gasteiger partial charge in [-0.2, -0.15) is 0 Å². The maximum absolute atomic E-state index is 11.5. The SMILES string of the molecule is COCCOC1C(=O)CC1Oc1c(Br)cccc1Br. The lowest BCUT2D eigenvalue weighted by molar-refractivity contribution is -0.156. The van der Waals surface area contributed by atoms with Gasteiger partial charge in [-0.05, 0) is 44.0 Å². The van der Waals surface area contributed by atoms with Crippen LogP contribution >= 0.6 is 31.9 Å². The van der Waals surface area contributed by atoms with E-state index in [2.05, 4.69) is 31.9 Å². The molecule has 6 heteroatoms. The van der Waals surface area contributed by atoms with Crippen LogP contribution in [0.2, 0.25) is 0 Å². The summed E-state index contributed by atoms with van der Waals surface area (Å²) in [6.07, 6.45) is -0.348. The maximum Gasteiger partial charge on any atom is 0.169 e. The first-order valence-electron chi connectivity index (χ1n) is 5.87. The molecule has 0 N–H and O–H groups in total. The van der Waals surface area contributed by atoms with Gasteiger partial charge in [-0.25, -0.2) is 0 Å². The fourth-order valence-electron chi connectivity index (χ4n) is 1.78. The van der Waals surface area contributed by atoms with E-state index in [1.807, 2.05) is 18.2 Å². The number of carbonyl (C=O) groups excluding carboxylic acids is 1. The minimum atomic E-state index is -0.492. The molecular weight excluding hydrogens is 380 g/mol. The van der Waals surface area contributed by atoms with Crippen LogP contribution in [0.5, 0.6) is 5.75 Å². The number of methoxy groups -OCH3 is 1. The Morgan fingerprint density at radius 1 is 1.26 bits per heavy atom. The second-order valence-corrected chi connectivity index (χ2v) is 5.87. The van der Waals surface area contributed by atoms with E-state index in [9.17, 15) is 4.79 Å². The van der Waals surface area contributed by atoms with E-state index < -0.39 is 6.10 Å². The predicted octanol–water partition coefficient (Wildman–Crippen LogP) is 2.96. The summed E-state index contributed by atoms with van der Waals surface area (Å²) in [4.78, 5) is 11.5. The van der Waals surface area contributed by atoms with Crippen LogP contribution in [0.3, 0.4) is 0 Å². The second-order valence-electron chi connectivity index (χ2n) is 4.16. The van der Waals surface area contributed by atoms with Gasteiger partial charge in [-0.1, -0.05) is 6.07 Å². The van der Waals surface area contributed by atoms with Gasteiger partial charge in [-0.3, -0.25) is 4.79 Å². The third-order valence-corrected chi connectivity index (χ3v) is 4.08. The molecule has 1 saturated carbocycles. The van der Waals surface area contributed by atoms with Crippen LogP contribution in [-0.2, 0) is 14.3 Å². The molecule has 4 nitrogen and oxygen atoms in total. The number of rotatable bonds is 6. The molecule has 0 amide bonds. The van der Waals surface area contributed by atoms with E-state index in [0.717, 1.165) is 8.95 Å². The van der Waals surface area contributed by atoms with Crippen molar-refractivity contribution in [1.82, 2.24) is 0 Å². The Labute approximate surface area is 128 Å². The van der Waals surface area contributed by atoms with Gasteiger partial charge >= 0.3 is 0 Å². The van der Waals surface area contributed by atoms with Crippen molar-refractivity contribution in [3.63, 3.8) is 0 Å². The van der Waals surface area contributed by atoms with Gasteiger partial charge in [0.2, 0.25) is 0 Å². The predicted molar refractivity (Wildman–Crippen MR) is 77.5 cm³/mol. The Kier molecular flexibility index (Phi) is 5.38. The Bertz CT molecular complexity index is 444. The number of benzene rings is 1. The molecule has 0 saturated heterocycles. The molecule has 1 aliphatic rings. The topological polar surface area (TPSA) is 44.8 Å². The van der Waals surface area contributed by atoms with E-state index in [-0.39, 0.29) is 11.9 Å². The normalized spacial score (nSPS) is 22.2. The summed E-state index contributed by atoms with van der Waals surface area (Å²) in [5, 5.41) is 0. The Morgan fingerprint density at radius 2 is 1.95 bits per heavy atom. The first kappa shape index (κ1) is 15.0. The second kappa shape index (κ2) is 6.83. The molecule has 0 spiro atoms. The zero-order chi connectivity index (χ0) is 13.8. The number of Topliss-reactive ketones (excluding diaryl/α,β-unsaturated/α-hetero) is 1. The summed E-state index contributed by atoms with van der Waals surface area (Å²) < 4.78 is 17.9. The van der Waals surface area contributed by atoms with Gasteiger partial charge in [0, 0.05) is 13.5 Å². The van der Waals surface area contributed by atoms with E-state index >= 15 is 0 Å². The average molecular weight is 394 g/mol. The van der Waals surface area contributed by atoms with Crippen molar-refractivity contribution in [2.75, 3.05) is 20.3 Å². The largest absolute Gasteiger partial charge is 0.484 e. The molecule has 1 aromatic rings. The highest BCUT2D eigenvalue weighted by Crippen LogP contribution is 2.36. The Hall–Kier alpha value is -0.430. The Morgan fingerprint density at radius 3 is 2.53 bits per heavy atom. The lowest BCUT2D eigenvalue weighted by atomic mass is 9.90. The summed E-state index contributed by atoms with van der Waals surface area (Å²) in [6, 6.07) is 5.68. The highest BCUT2D eigenvalue weighted by atomic mass is 79.9. The van der Waals surface area contributed by atoms with E-state index in [0.29, 0.717) is 25.4 Å². The average Bonchev–Trinajstić information content (AvgIpc) is 2.37. The summed E-state index contributed by atoms with van der Waals surface area (Å²) in [5.74, 6) is 0.768. The molecule has 1 fully saturated rings. The van der Waals surface area contributed by atoms with Crippen molar-refractivity contribution < 1.29 is 19.0 Å².